The van der Waals surface area contributed by atoms with E-state index in [1.807, 2.05) is 13.1 Å². The van der Waals surface area contributed by atoms with Crippen LogP contribution in [0.25, 0.3) is 0 Å². The van der Waals surface area contributed by atoms with Gasteiger partial charge in [0.25, 0.3) is 0 Å². The van der Waals surface area contributed by atoms with Crippen LogP contribution >= 0.6 is 24.0 Å². The lowest BCUT2D eigenvalue weighted by Crippen LogP contribution is -2.36. The summed E-state index contributed by atoms with van der Waals surface area (Å²) in [4.78, 5) is 6.32. The van der Waals surface area contributed by atoms with Crippen molar-refractivity contribution >= 4 is 35.6 Å². The Hall–Kier alpha value is -0.980. The maximum Gasteiger partial charge on any atom is 0.190 e. The number of aliphatic imine (C=N–C) groups is 1. The summed E-state index contributed by atoms with van der Waals surface area (Å²) in [6.07, 6.45) is 1.08. The number of hydrogen-bond acceptors (Lipinski definition) is 2. The van der Waals surface area contributed by atoms with Gasteiger partial charge in [0, 0.05) is 39.9 Å². The Morgan fingerprint density at radius 3 is 2.50 bits per heavy atom. The second-order valence-corrected chi connectivity index (χ2v) is 3.86. The molecule has 102 valence electrons. The highest BCUT2D eigenvalue weighted by molar-refractivity contribution is 14.0. The van der Waals surface area contributed by atoms with E-state index in [1.165, 1.54) is 5.69 Å². The maximum atomic E-state index is 4.06. The number of benzene rings is 1. The molecule has 5 heteroatoms. The fourth-order valence-electron chi connectivity index (χ4n) is 1.61. The van der Waals surface area contributed by atoms with Crippen molar-refractivity contribution in [1.82, 2.24) is 10.6 Å². The largest absolute Gasteiger partial charge is 0.375 e. The van der Waals surface area contributed by atoms with E-state index >= 15 is 0 Å². The van der Waals surface area contributed by atoms with Gasteiger partial charge in [-0.2, -0.15) is 0 Å². The lowest BCUT2D eigenvalue weighted by molar-refractivity contribution is 0.741. The van der Waals surface area contributed by atoms with Crippen molar-refractivity contribution in [3.05, 3.63) is 30.3 Å². The topological polar surface area (TPSA) is 39.7 Å². The molecule has 0 spiro atoms. The predicted molar refractivity (Wildman–Crippen MR) is 90.2 cm³/mol. The van der Waals surface area contributed by atoms with Crippen molar-refractivity contribution in [3.63, 3.8) is 0 Å². The van der Waals surface area contributed by atoms with Crippen molar-refractivity contribution in [1.29, 1.82) is 0 Å². The SMILES string of the molecule is CN=C(NC)NCCCN(C)c1ccccc1.I. The minimum absolute atomic E-state index is 0. The van der Waals surface area contributed by atoms with Crippen molar-refractivity contribution in [3.8, 4) is 0 Å². The molecule has 0 unspecified atom stereocenters. The van der Waals surface area contributed by atoms with Gasteiger partial charge in [-0.3, -0.25) is 4.99 Å². The molecule has 0 saturated carbocycles. The summed E-state index contributed by atoms with van der Waals surface area (Å²) in [6, 6.07) is 10.4. The summed E-state index contributed by atoms with van der Waals surface area (Å²) in [5, 5.41) is 6.23. The van der Waals surface area contributed by atoms with Crippen LogP contribution in [0.5, 0.6) is 0 Å². The number of hydrogen-bond donors (Lipinski definition) is 2. The number of nitrogens with one attached hydrogen (secondary N) is 2. The van der Waals surface area contributed by atoms with Crippen molar-refractivity contribution in [2.24, 2.45) is 4.99 Å². The van der Waals surface area contributed by atoms with E-state index < -0.39 is 0 Å². The van der Waals surface area contributed by atoms with Crippen LogP contribution in [0.15, 0.2) is 35.3 Å². The van der Waals surface area contributed by atoms with E-state index in [2.05, 4.69) is 51.8 Å². The van der Waals surface area contributed by atoms with Crippen molar-refractivity contribution in [2.45, 2.75) is 6.42 Å². The van der Waals surface area contributed by atoms with Gasteiger partial charge >= 0.3 is 0 Å². The Labute approximate surface area is 127 Å². The summed E-state index contributed by atoms with van der Waals surface area (Å²) in [5.41, 5.74) is 1.26. The molecule has 4 nitrogen and oxygen atoms in total. The molecule has 0 heterocycles. The summed E-state index contributed by atoms with van der Waals surface area (Å²) in [6.45, 7) is 1.95. The number of anilines is 1. The fourth-order valence-corrected chi connectivity index (χ4v) is 1.61. The molecule has 1 rings (SSSR count). The molecule has 0 aromatic heterocycles. The third-order valence-electron chi connectivity index (χ3n) is 2.62. The highest BCUT2D eigenvalue weighted by Gasteiger charge is 1.99. The van der Waals surface area contributed by atoms with Crippen LogP contribution < -0.4 is 15.5 Å². The van der Waals surface area contributed by atoms with Gasteiger partial charge in [-0.25, -0.2) is 0 Å². The second-order valence-electron chi connectivity index (χ2n) is 3.86. The molecular formula is C13H23IN4. The summed E-state index contributed by atoms with van der Waals surface area (Å²) >= 11 is 0. The number of rotatable bonds is 5. The predicted octanol–water partition coefficient (Wildman–Crippen LogP) is 1.93. The molecule has 0 aliphatic carbocycles. The minimum Gasteiger partial charge on any atom is -0.375 e. The van der Waals surface area contributed by atoms with E-state index in [1.54, 1.807) is 7.05 Å². The molecule has 18 heavy (non-hydrogen) atoms. The van der Waals surface area contributed by atoms with E-state index in [0.29, 0.717) is 0 Å². The van der Waals surface area contributed by atoms with Crippen LogP contribution in [0.4, 0.5) is 5.69 Å². The van der Waals surface area contributed by atoms with Gasteiger partial charge in [0.1, 0.15) is 0 Å². The van der Waals surface area contributed by atoms with Gasteiger partial charge in [-0.15, -0.1) is 24.0 Å². The first kappa shape index (κ1) is 17.0. The first-order valence-electron chi connectivity index (χ1n) is 5.92. The van der Waals surface area contributed by atoms with Gasteiger partial charge < -0.3 is 15.5 Å². The third-order valence-corrected chi connectivity index (χ3v) is 2.62. The summed E-state index contributed by atoms with van der Waals surface area (Å²) < 4.78 is 0. The minimum atomic E-state index is 0. The normalized spacial score (nSPS) is 10.5. The van der Waals surface area contributed by atoms with E-state index in [-0.39, 0.29) is 24.0 Å². The van der Waals surface area contributed by atoms with Crippen LogP contribution in [0.2, 0.25) is 0 Å². The lowest BCUT2D eigenvalue weighted by atomic mass is 10.3. The molecule has 0 bridgehead atoms. The third kappa shape index (κ3) is 6.09. The number of halogens is 1. The van der Waals surface area contributed by atoms with E-state index in [4.69, 9.17) is 0 Å². The fraction of sp³-hybridized carbons (Fsp3) is 0.462. The Balaban J connectivity index is 0.00000289. The summed E-state index contributed by atoms with van der Waals surface area (Å²) in [7, 11) is 5.75. The quantitative estimate of drug-likeness (QED) is 0.364. The molecule has 1 aromatic rings. The first-order chi connectivity index (χ1) is 8.27. The average Bonchev–Trinajstić information content (AvgIpc) is 2.40. The van der Waals surface area contributed by atoms with E-state index in [9.17, 15) is 0 Å². The molecular weight excluding hydrogens is 339 g/mol. The van der Waals surface area contributed by atoms with Crippen LogP contribution in [-0.2, 0) is 0 Å². The van der Waals surface area contributed by atoms with Crippen molar-refractivity contribution in [2.75, 3.05) is 39.1 Å². The zero-order chi connectivity index (χ0) is 12.5. The maximum absolute atomic E-state index is 4.06. The molecule has 0 atom stereocenters. The number of guanidine groups is 1. The summed E-state index contributed by atoms with van der Waals surface area (Å²) in [5.74, 6) is 0.840. The highest BCUT2D eigenvalue weighted by atomic mass is 127. The molecule has 2 N–H and O–H groups in total. The number of nitrogens with zero attached hydrogens (tertiary/aromatic N) is 2. The Morgan fingerprint density at radius 1 is 1.28 bits per heavy atom. The smallest absolute Gasteiger partial charge is 0.190 e. The Morgan fingerprint density at radius 2 is 1.94 bits per heavy atom. The standard InChI is InChI=1S/C13H22N4.HI/c1-14-13(15-2)16-10-7-11-17(3)12-8-5-4-6-9-12;/h4-6,8-9H,7,10-11H2,1-3H3,(H2,14,15,16);1H. The van der Waals surface area contributed by atoms with Gasteiger partial charge in [0.15, 0.2) is 5.96 Å². The van der Waals surface area contributed by atoms with Crippen molar-refractivity contribution < 1.29 is 0 Å². The molecule has 0 fully saturated rings. The van der Waals surface area contributed by atoms with Gasteiger partial charge in [0.05, 0.1) is 0 Å². The van der Waals surface area contributed by atoms with Crippen LogP contribution in [0.1, 0.15) is 6.42 Å². The zero-order valence-corrected chi connectivity index (χ0v) is 13.6. The molecule has 0 aliphatic heterocycles. The van der Waals surface area contributed by atoms with Crippen LogP contribution in [0.3, 0.4) is 0 Å². The monoisotopic (exact) mass is 362 g/mol. The second kappa shape index (κ2) is 9.99. The molecule has 0 radical (unpaired) electrons. The molecule has 1 aromatic carbocycles. The Bertz CT molecular complexity index is 340. The van der Waals surface area contributed by atoms with Gasteiger partial charge in [-0.1, -0.05) is 18.2 Å². The number of para-hydroxylation sites is 1. The molecule has 0 saturated heterocycles. The highest BCUT2D eigenvalue weighted by Crippen LogP contribution is 2.10. The molecule has 0 amide bonds. The molecule has 0 aliphatic rings. The van der Waals surface area contributed by atoms with Crippen LogP contribution in [0, 0.1) is 0 Å². The van der Waals surface area contributed by atoms with E-state index in [0.717, 1.165) is 25.5 Å². The average molecular weight is 362 g/mol. The lowest BCUT2D eigenvalue weighted by Gasteiger charge is -2.19. The Kier molecular flexibility index (Phi) is 9.45. The van der Waals surface area contributed by atoms with Gasteiger partial charge in [-0.05, 0) is 18.6 Å². The van der Waals surface area contributed by atoms with Crippen LogP contribution in [-0.4, -0.2) is 40.2 Å². The zero-order valence-electron chi connectivity index (χ0n) is 11.3. The first-order valence-corrected chi connectivity index (χ1v) is 5.92. The van der Waals surface area contributed by atoms with Gasteiger partial charge in [0.2, 0.25) is 0 Å².